The number of carbonyl (C=O) groups is 1. The molecular formula is C10H12F2N2O3. The van der Waals surface area contributed by atoms with Crippen molar-refractivity contribution in [2.45, 2.75) is 6.43 Å². The third kappa shape index (κ3) is 3.63. The highest BCUT2D eigenvalue weighted by atomic mass is 19.3. The van der Waals surface area contributed by atoms with Gasteiger partial charge in [-0.2, -0.15) is 0 Å². The molecule has 0 aromatic carbocycles. The van der Waals surface area contributed by atoms with Gasteiger partial charge in [0.2, 0.25) is 0 Å². The van der Waals surface area contributed by atoms with Crippen LogP contribution in [0.5, 0.6) is 0 Å². The molecule has 1 aromatic heterocycles. The molecule has 0 unspecified atom stereocenters. The Balaban J connectivity index is 3.04. The Morgan fingerprint density at radius 3 is 2.76 bits per heavy atom. The summed E-state index contributed by atoms with van der Waals surface area (Å²) in [5.74, 6) is -1.22. The van der Waals surface area contributed by atoms with Crippen LogP contribution in [0.2, 0.25) is 0 Å². The molecule has 1 aromatic rings. The predicted molar refractivity (Wildman–Crippen MR) is 56.5 cm³/mol. The third-order valence-corrected chi connectivity index (χ3v) is 2.10. The van der Waals surface area contributed by atoms with Crippen molar-refractivity contribution in [2.24, 2.45) is 0 Å². The zero-order chi connectivity index (χ0) is 12.8. The van der Waals surface area contributed by atoms with Gasteiger partial charge < -0.3 is 15.1 Å². The van der Waals surface area contributed by atoms with Gasteiger partial charge in [0.15, 0.2) is 0 Å². The minimum Gasteiger partial charge on any atom is -0.478 e. The maximum Gasteiger partial charge on any atom is 0.337 e. The second kappa shape index (κ2) is 6.09. The summed E-state index contributed by atoms with van der Waals surface area (Å²) in [4.78, 5) is 15.7. The maximum atomic E-state index is 12.3. The number of rotatable bonds is 6. The van der Waals surface area contributed by atoms with Gasteiger partial charge in [0, 0.05) is 12.7 Å². The largest absolute Gasteiger partial charge is 0.478 e. The van der Waals surface area contributed by atoms with Crippen molar-refractivity contribution in [3.63, 3.8) is 0 Å². The number of hydrogen-bond acceptors (Lipinski definition) is 4. The fourth-order valence-electron chi connectivity index (χ4n) is 1.42. The van der Waals surface area contributed by atoms with Gasteiger partial charge in [0.05, 0.1) is 30.6 Å². The summed E-state index contributed by atoms with van der Waals surface area (Å²) >= 11 is 0. The number of nitrogens with zero attached hydrogens (tertiary/aromatic N) is 2. The van der Waals surface area contributed by atoms with Gasteiger partial charge in [-0.05, 0) is 6.07 Å². The van der Waals surface area contributed by atoms with E-state index in [-0.39, 0.29) is 24.4 Å². The van der Waals surface area contributed by atoms with E-state index in [1.54, 1.807) is 0 Å². The highest BCUT2D eigenvalue weighted by Crippen LogP contribution is 2.19. The monoisotopic (exact) mass is 246 g/mol. The lowest BCUT2D eigenvalue weighted by Gasteiger charge is -2.24. The quantitative estimate of drug-likeness (QED) is 0.778. The first kappa shape index (κ1) is 13.3. The van der Waals surface area contributed by atoms with Crippen molar-refractivity contribution >= 4 is 11.7 Å². The van der Waals surface area contributed by atoms with E-state index in [0.29, 0.717) is 0 Å². The lowest BCUT2D eigenvalue weighted by molar-refractivity contribution is 0.0696. The van der Waals surface area contributed by atoms with Crippen LogP contribution in [-0.2, 0) is 0 Å². The molecule has 0 aliphatic heterocycles. The Morgan fingerprint density at radius 2 is 2.24 bits per heavy atom. The molecule has 1 rings (SSSR count). The first-order chi connectivity index (χ1) is 8.06. The molecule has 94 valence electrons. The highest BCUT2D eigenvalue weighted by molar-refractivity contribution is 5.94. The molecule has 1 heterocycles. The van der Waals surface area contributed by atoms with Crippen LogP contribution in [0.25, 0.3) is 0 Å². The van der Waals surface area contributed by atoms with E-state index in [4.69, 9.17) is 10.2 Å². The van der Waals surface area contributed by atoms with Crippen molar-refractivity contribution in [2.75, 3.05) is 24.6 Å². The zero-order valence-corrected chi connectivity index (χ0v) is 8.88. The van der Waals surface area contributed by atoms with Crippen LogP contribution in [0.1, 0.15) is 10.4 Å². The SMILES string of the molecule is O=C(O)c1ccncc1N(CCO)CC(F)F. The average Bonchev–Trinajstić information content (AvgIpc) is 2.28. The lowest BCUT2D eigenvalue weighted by Crippen LogP contribution is -2.32. The molecule has 0 aliphatic carbocycles. The van der Waals surface area contributed by atoms with E-state index >= 15 is 0 Å². The maximum absolute atomic E-state index is 12.3. The average molecular weight is 246 g/mol. The first-order valence-electron chi connectivity index (χ1n) is 4.87. The summed E-state index contributed by atoms with van der Waals surface area (Å²) in [6.45, 7) is -1.07. The van der Waals surface area contributed by atoms with Crippen molar-refractivity contribution in [3.8, 4) is 0 Å². The molecule has 0 bridgehead atoms. The number of pyridine rings is 1. The van der Waals surface area contributed by atoms with Crippen molar-refractivity contribution in [1.82, 2.24) is 4.98 Å². The Bertz CT molecular complexity index is 388. The van der Waals surface area contributed by atoms with E-state index in [1.807, 2.05) is 0 Å². The molecule has 0 aliphatic rings. The molecule has 0 amide bonds. The van der Waals surface area contributed by atoms with Crippen LogP contribution in [0.15, 0.2) is 18.5 Å². The number of aliphatic hydroxyl groups excluding tert-OH is 1. The Morgan fingerprint density at radius 1 is 1.53 bits per heavy atom. The zero-order valence-electron chi connectivity index (χ0n) is 8.88. The van der Waals surface area contributed by atoms with Crippen LogP contribution in [0.3, 0.4) is 0 Å². The van der Waals surface area contributed by atoms with Crippen LogP contribution < -0.4 is 4.90 Å². The molecular weight excluding hydrogens is 234 g/mol. The normalized spacial score (nSPS) is 10.6. The number of aromatic carboxylic acids is 1. The Labute approximate surface area is 96.3 Å². The van der Waals surface area contributed by atoms with Gasteiger partial charge in [-0.25, -0.2) is 13.6 Å². The summed E-state index contributed by atoms with van der Waals surface area (Å²) in [5.41, 5.74) is -0.0385. The molecule has 0 atom stereocenters. The standard InChI is InChI=1S/C10H12F2N2O3/c11-9(12)6-14(3-4-15)8-5-13-2-1-7(8)10(16)17/h1-2,5,9,15H,3-4,6H2,(H,16,17). The fourth-order valence-corrected chi connectivity index (χ4v) is 1.42. The summed E-state index contributed by atoms with van der Waals surface area (Å²) < 4.78 is 24.7. The minimum atomic E-state index is -2.62. The minimum absolute atomic E-state index is 0.0731. The molecule has 0 radical (unpaired) electrons. The van der Waals surface area contributed by atoms with E-state index in [0.717, 1.165) is 4.90 Å². The number of anilines is 1. The molecule has 2 N–H and O–H groups in total. The second-order valence-corrected chi connectivity index (χ2v) is 3.26. The molecule has 0 spiro atoms. The van der Waals surface area contributed by atoms with E-state index in [2.05, 4.69) is 4.98 Å². The van der Waals surface area contributed by atoms with Gasteiger partial charge in [-0.1, -0.05) is 0 Å². The van der Waals surface area contributed by atoms with Gasteiger partial charge in [-0.15, -0.1) is 0 Å². The van der Waals surface area contributed by atoms with E-state index < -0.39 is 18.9 Å². The Kier molecular flexibility index (Phi) is 4.77. The van der Waals surface area contributed by atoms with Gasteiger partial charge in [0.25, 0.3) is 6.43 Å². The van der Waals surface area contributed by atoms with Crippen LogP contribution in [0, 0.1) is 0 Å². The van der Waals surface area contributed by atoms with Crippen LogP contribution in [-0.4, -0.2) is 47.3 Å². The number of halogens is 2. The number of aliphatic hydroxyl groups is 1. The highest BCUT2D eigenvalue weighted by Gasteiger charge is 2.18. The van der Waals surface area contributed by atoms with Crippen molar-refractivity contribution in [1.29, 1.82) is 0 Å². The van der Waals surface area contributed by atoms with Crippen molar-refractivity contribution < 1.29 is 23.8 Å². The summed E-state index contributed by atoms with van der Waals surface area (Å²) in [7, 11) is 0. The van der Waals surface area contributed by atoms with Gasteiger partial charge in [0.1, 0.15) is 0 Å². The predicted octanol–water partition coefficient (Wildman–Crippen LogP) is 0.844. The number of carboxylic acid groups (broad SMARTS) is 1. The van der Waals surface area contributed by atoms with Crippen molar-refractivity contribution in [3.05, 3.63) is 24.0 Å². The molecule has 0 saturated carbocycles. The Hall–Kier alpha value is -1.76. The van der Waals surface area contributed by atoms with Gasteiger partial charge in [-0.3, -0.25) is 4.98 Å². The molecule has 0 fully saturated rings. The molecule has 0 saturated heterocycles. The molecule has 17 heavy (non-hydrogen) atoms. The van der Waals surface area contributed by atoms with E-state index in [1.165, 1.54) is 18.5 Å². The second-order valence-electron chi connectivity index (χ2n) is 3.26. The lowest BCUT2D eigenvalue weighted by atomic mass is 10.2. The van der Waals surface area contributed by atoms with Crippen LogP contribution >= 0.6 is 0 Å². The number of alkyl halides is 2. The molecule has 7 heteroatoms. The van der Waals surface area contributed by atoms with Crippen LogP contribution in [0.4, 0.5) is 14.5 Å². The number of aromatic nitrogens is 1. The topological polar surface area (TPSA) is 73.7 Å². The summed E-state index contributed by atoms with van der Waals surface area (Å²) in [6.07, 6.45) is -0.156. The summed E-state index contributed by atoms with van der Waals surface area (Å²) in [5, 5.41) is 17.7. The number of carboxylic acids is 1. The third-order valence-electron chi connectivity index (χ3n) is 2.10. The smallest absolute Gasteiger partial charge is 0.337 e. The first-order valence-corrected chi connectivity index (χ1v) is 4.87. The van der Waals surface area contributed by atoms with E-state index in [9.17, 15) is 13.6 Å². The summed E-state index contributed by atoms with van der Waals surface area (Å²) in [6, 6.07) is 1.23. The number of hydrogen-bond donors (Lipinski definition) is 2. The fraction of sp³-hybridized carbons (Fsp3) is 0.400. The van der Waals surface area contributed by atoms with Gasteiger partial charge >= 0.3 is 5.97 Å². The molecule has 5 nitrogen and oxygen atoms in total.